The summed E-state index contributed by atoms with van der Waals surface area (Å²) in [5.74, 6) is 1.08. The van der Waals surface area contributed by atoms with Crippen LogP contribution in [0, 0.1) is 11.3 Å². The SMILES string of the molecule is CCCCCCCCCCCCCCCCCCOC(=O)C(C)(C)CSCCOC(=O)C(C)CC. The number of hydrogen-bond donors (Lipinski definition) is 0. The lowest BCUT2D eigenvalue weighted by Gasteiger charge is -2.22. The van der Waals surface area contributed by atoms with Gasteiger partial charge in [0.15, 0.2) is 0 Å². The van der Waals surface area contributed by atoms with Crippen LogP contribution in [-0.2, 0) is 19.1 Å². The number of carbonyl (C=O) groups excluding carboxylic acids is 2. The second-order valence-corrected chi connectivity index (χ2v) is 12.0. The maximum atomic E-state index is 12.4. The predicted molar refractivity (Wildman–Crippen MR) is 152 cm³/mol. The summed E-state index contributed by atoms with van der Waals surface area (Å²) in [7, 11) is 0. The first-order chi connectivity index (χ1) is 16.8. The molecule has 0 bridgehead atoms. The highest BCUT2D eigenvalue weighted by atomic mass is 32.2. The van der Waals surface area contributed by atoms with E-state index < -0.39 is 5.41 Å². The highest BCUT2D eigenvalue weighted by Gasteiger charge is 2.29. The van der Waals surface area contributed by atoms with Crippen molar-refractivity contribution < 1.29 is 19.1 Å². The summed E-state index contributed by atoms with van der Waals surface area (Å²) in [6.07, 6.45) is 22.3. The molecular weight excluding hydrogens is 456 g/mol. The Kier molecular flexibility index (Phi) is 23.2. The van der Waals surface area contributed by atoms with Crippen LogP contribution < -0.4 is 0 Å². The van der Waals surface area contributed by atoms with Gasteiger partial charge >= 0.3 is 11.9 Å². The quantitative estimate of drug-likeness (QED) is 0.0897. The van der Waals surface area contributed by atoms with Crippen LogP contribution in [0.15, 0.2) is 0 Å². The summed E-state index contributed by atoms with van der Waals surface area (Å²) < 4.78 is 10.8. The molecule has 0 spiro atoms. The average Bonchev–Trinajstić information content (AvgIpc) is 2.84. The van der Waals surface area contributed by atoms with Crippen molar-refractivity contribution in [3.05, 3.63) is 0 Å². The second-order valence-electron chi connectivity index (χ2n) is 10.9. The van der Waals surface area contributed by atoms with E-state index >= 15 is 0 Å². The zero-order valence-electron chi connectivity index (χ0n) is 24.0. The predicted octanol–water partition coefficient (Wildman–Crippen LogP) is 9.14. The van der Waals surface area contributed by atoms with E-state index in [1.54, 1.807) is 11.8 Å². The standard InChI is InChI=1S/C30H58O4S/c1-6-8-9-10-11-12-13-14-15-16-17-18-19-20-21-22-23-34-29(32)30(4,5)26-35-25-24-33-28(31)27(3)7-2/h27H,6-26H2,1-5H3. The van der Waals surface area contributed by atoms with Gasteiger partial charge in [-0.25, -0.2) is 0 Å². The fourth-order valence-electron chi connectivity index (χ4n) is 3.91. The van der Waals surface area contributed by atoms with Crippen molar-refractivity contribution in [2.24, 2.45) is 11.3 Å². The summed E-state index contributed by atoms with van der Waals surface area (Å²) in [6.45, 7) is 10.9. The van der Waals surface area contributed by atoms with Gasteiger partial charge in [-0.1, -0.05) is 117 Å². The topological polar surface area (TPSA) is 52.6 Å². The molecule has 0 aromatic rings. The van der Waals surface area contributed by atoms with Crippen LogP contribution in [0.25, 0.3) is 0 Å². The highest BCUT2D eigenvalue weighted by molar-refractivity contribution is 7.99. The van der Waals surface area contributed by atoms with Crippen LogP contribution in [-0.4, -0.2) is 36.7 Å². The van der Waals surface area contributed by atoms with E-state index in [9.17, 15) is 9.59 Å². The van der Waals surface area contributed by atoms with Crippen LogP contribution in [0.3, 0.4) is 0 Å². The fourth-order valence-corrected chi connectivity index (χ4v) is 4.88. The van der Waals surface area contributed by atoms with Gasteiger partial charge < -0.3 is 9.47 Å². The van der Waals surface area contributed by atoms with Gasteiger partial charge in [0.05, 0.1) is 17.9 Å². The number of carbonyl (C=O) groups is 2. The molecular formula is C30H58O4S. The Bertz CT molecular complexity index is 507. The molecule has 1 atom stereocenters. The van der Waals surface area contributed by atoms with Crippen LogP contribution in [0.1, 0.15) is 144 Å². The zero-order chi connectivity index (χ0) is 26.2. The molecule has 35 heavy (non-hydrogen) atoms. The van der Waals surface area contributed by atoms with Gasteiger partial charge in [0.25, 0.3) is 0 Å². The molecule has 0 aliphatic heterocycles. The van der Waals surface area contributed by atoms with E-state index in [1.165, 1.54) is 89.9 Å². The van der Waals surface area contributed by atoms with E-state index in [0.717, 1.165) is 19.3 Å². The smallest absolute Gasteiger partial charge is 0.312 e. The first-order valence-corrected chi connectivity index (χ1v) is 15.9. The number of thioether (sulfide) groups is 1. The molecule has 0 rings (SSSR count). The second kappa shape index (κ2) is 23.7. The summed E-state index contributed by atoms with van der Waals surface area (Å²) in [5.41, 5.74) is -0.513. The Morgan fingerprint density at radius 1 is 0.686 bits per heavy atom. The van der Waals surface area contributed by atoms with Gasteiger partial charge in [0.2, 0.25) is 0 Å². The monoisotopic (exact) mass is 514 g/mol. The molecule has 208 valence electrons. The number of unbranched alkanes of at least 4 members (excludes halogenated alkanes) is 15. The molecule has 5 heteroatoms. The third-order valence-corrected chi connectivity index (χ3v) is 8.11. The van der Waals surface area contributed by atoms with E-state index in [0.29, 0.717) is 24.7 Å². The summed E-state index contributed by atoms with van der Waals surface area (Å²) >= 11 is 1.64. The van der Waals surface area contributed by atoms with Gasteiger partial charge in [-0.3, -0.25) is 9.59 Å². The first kappa shape index (κ1) is 34.3. The zero-order valence-corrected chi connectivity index (χ0v) is 24.8. The normalized spacial score (nSPS) is 12.5. The molecule has 0 saturated heterocycles. The molecule has 0 aromatic heterocycles. The molecule has 0 saturated carbocycles. The minimum Gasteiger partial charge on any atom is -0.465 e. The number of esters is 2. The summed E-state index contributed by atoms with van der Waals surface area (Å²) in [6, 6.07) is 0. The van der Waals surface area contributed by atoms with Crippen molar-refractivity contribution >= 4 is 23.7 Å². The number of hydrogen-bond acceptors (Lipinski definition) is 5. The molecule has 1 unspecified atom stereocenters. The van der Waals surface area contributed by atoms with Crippen molar-refractivity contribution in [3.63, 3.8) is 0 Å². The van der Waals surface area contributed by atoms with Crippen LogP contribution >= 0.6 is 11.8 Å². The van der Waals surface area contributed by atoms with Crippen molar-refractivity contribution in [1.82, 2.24) is 0 Å². The summed E-state index contributed by atoms with van der Waals surface area (Å²) in [4.78, 5) is 24.1. The first-order valence-electron chi connectivity index (χ1n) is 14.8. The third kappa shape index (κ3) is 21.1. The van der Waals surface area contributed by atoms with Gasteiger partial charge in [-0.15, -0.1) is 0 Å². The fraction of sp³-hybridized carbons (Fsp3) is 0.933. The molecule has 4 nitrogen and oxygen atoms in total. The Hall–Kier alpha value is -0.710. The number of ether oxygens (including phenoxy) is 2. The van der Waals surface area contributed by atoms with Crippen molar-refractivity contribution in [3.8, 4) is 0 Å². The highest BCUT2D eigenvalue weighted by Crippen LogP contribution is 2.24. The van der Waals surface area contributed by atoms with Gasteiger partial charge in [-0.05, 0) is 26.7 Å². The van der Waals surface area contributed by atoms with Crippen LogP contribution in [0.5, 0.6) is 0 Å². The third-order valence-electron chi connectivity index (χ3n) is 6.73. The Labute approximate surface area is 222 Å². The maximum absolute atomic E-state index is 12.4. The maximum Gasteiger partial charge on any atom is 0.312 e. The molecule has 0 fully saturated rings. The van der Waals surface area contributed by atoms with E-state index in [4.69, 9.17) is 9.47 Å². The van der Waals surface area contributed by atoms with Crippen LogP contribution in [0.2, 0.25) is 0 Å². The van der Waals surface area contributed by atoms with Crippen molar-refractivity contribution in [2.75, 3.05) is 24.7 Å². The largest absolute Gasteiger partial charge is 0.465 e. The van der Waals surface area contributed by atoms with Gasteiger partial charge in [0, 0.05) is 11.5 Å². The van der Waals surface area contributed by atoms with E-state index in [-0.39, 0.29) is 17.9 Å². The van der Waals surface area contributed by atoms with Crippen molar-refractivity contribution in [2.45, 2.75) is 144 Å². The minimum atomic E-state index is -0.513. The Balaban J connectivity index is 3.49. The lowest BCUT2D eigenvalue weighted by Crippen LogP contribution is -2.29. The van der Waals surface area contributed by atoms with Gasteiger partial charge in [0.1, 0.15) is 6.61 Å². The van der Waals surface area contributed by atoms with Crippen LogP contribution in [0.4, 0.5) is 0 Å². The Morgan fingerprint density at radius 3 is 1.60 bits per heavy atom. The van der Waals surface area contributed by atoms with E-state index in [2.05, 4.69) is 6.92 Å². The Morgan fingerprint density at radius 2 is 1.14 bits per heavy atom. The molecule has 0 aliphatic carbocycles. The molecule has 0 aliphatic rings. The number of rotatable bonds is 25. The lowest BCUT2D eigenvalue weighted by atomic mass is 9.97. The van der Waals surface area contributed by atoms with Crippen molar-refractivity contribution in [1.29, 1.82) is 0 Å². The summed E-state index contributed by atoms with van der Waals surface area (Å²) in [5, 5.41) is 0. The molecule has 0 aromatic carbocycles. The lowest BCUT2D eigenvalue weighted by molar-refractivity contribution is -0.152. The molecule has 0 heterocycles. The molecule has 0 amide bonds. The molecule has 0 radical (unpaired) electrons. The average molecular weight is 515 g/mol. The van der Waals surface area contributed by atoms with E-state index in [1.807, 2.05) is 27.7 Å². The van der Waals surface area contributed by atoms with Gasteiger partial charge in [-0.2, -0.15) is 11.8 Å². The molecule has 0 N–H and O–H groups in total. The minimum absolute atomic E-state index is 0.0454.